The minimum Gasteiger partial charge on any atom is -0.484 e. The molecule has 4 rings (SSSR count). The van der Waals surface area contributed by atoms with Gasteiger partial charge in [0.2, 0.25) is 0 Å². The summed E-state index contributed by atoms with van der Waals surface area (Å²) in [6.07, 6.45) is 1.50. The minimum atomic E-state index is -0.187. The first kappa shape index (κ1) is 17.7. The fraction of sp³-hybridized carbons (Fsp3) is 0.143. The van der Waals surface area contributed by atoms with Crippen LogP contribution in [0, 0.1) is 0 Å². The second-order valence-corrected chi connectivity index (χ2v) is 6.44. The first-order valence-electron chi connectivity index (χ1n) is 8.93. The number of aromatic nitrogens is 4. The first-order valence-corrected chi connectivity index (χ1v) is 8.93. The van der Waals surface area contributed by atoms with Crippen molar-refractivity contribution in [1.82, 2.24) is 25.5 Å². The quantitative estimate of drug-likeness (QED) is 0.562. The Labute approximate surface area is 161 Å². The van der Waals surface area contributed by atoms with Gasteiger partial charge in [-0.05, 0) is 51.9 Å². The highest BCUT2D eigenvalue weighted by molar-refractivity contribution is 5.83. The van der Waals surface area contributed by atoms with E-state index < -0.39 is 0 Å². The Bertz CT molecular complexity index is 1090. The number of carbonyl (C=O) groups excluding carboxylic acids is 1. The molecule has 1 heterocycles. The Morgan fingerprint density at radius 1 is 1.07 bits per heavy atom. The van der Waals surface area contributed by atoms with Crippen molar-refractivity contribution in [1.29, 1.82) is 0 Å². The topological polar surface area (TPSA) is 81.9 Å². The molecule has 3 aromatic carbocycles. The monoisotopic (exact) mass is 373 g/mol. The molecule has 0 aliphatic rings. The molecule has 0 radical (unpaired) electrons. The molecule has 0 aliphatic heterocycles. The number of carbonyl (C=O) groups is 1. The van der Waals surface area contributed by atoms with Gasteiger partial charge in [-0.15, -0.1) is 5.10 Å². The third-order valence-corrected chi connectivity index (χ3v) is 4.45. The summed E-state index contributed by atoms with van der Waals surface area (Å²) in [5.74, 6) is 0.384. The summed E-state index contributed by atoms with van der Waals surface area (Å²) in [6, 6.07) is 21.5. The molecule has 1 N–H and O–H groups in total. The van der Waals surface area contributed by atoms with Crippen molar-refractivity contribution in [2.24, 2.45) is 0 Å². The lowest BCUT2D eigenvalue weighted by atomic mass is 10.0. The number of hydrogen-bond donors (Lipinski definition) is 1. The molecule has 7 heteroatoms. The van der Waals surface area contributed by atoms with E-state index in [1.807, 2.05) is 37.3 Å². The lowest BCUT2D eigenvalue weighted by molar-refractivity contribution is -0.123. The third kappa shape index (κ3) is 3.98. The molecule has 0 fully saturated rings. The zero-order valence-corrected chi connectivity index (χ0v) is 15.3. The summed E-state index contributed by atoms with van der Waals surface area (Å²) < 4.78 is 7.14. The summed E-state index contributed by atoms with van der Waals surface area (Å²) in [5.41, 5.74) is 1.81. The zero-order chi connectivity index (χ0) is 19.3. The molecule has 0 saturated heterocycles. The minimum absolute atomic E-state index is 0.0724. The Morgan fingerprint density at radius 3 is 2.75 bits per heavy atom. The van der Waals surface area contributed by atoms with Gasteiger partial charge in [0.05, 0.1) is 11.7 Å². The summed E-state index contributed by atoms with van der Waals surface area (Å²) in [5, 5.41) is 16.4. The van der Waals surface area contributed by atoms with Gasteiger partial charge in [-0.3, -0.25) is 4.79 Å². The molecule has 28 heavy (non-hydrogen) atoms. The maximum atomic E-state index is 12.3. The second-order valence-electron chi connectivity index (χ2n) is 6.44. The van der Waals surface area contributed by atoms with Crippen LogP contribution in [-0.4, -0.2) is 32.7 Å². The molecule has 4 aromatic rings. The van der Waals surface area contributed by atoms with Crippen LogP contribution in [0.5, 0.6) is 5.75 Å². The molecule has 0 spiro atoms. The average Bonchev–Trinajstić information content (AvgIpc) is 3.27. The van der Waals surface area contributed by atoms with Gasteiger partial charge >= 0.3 is 0 Å². The van der Waals surface area contributed by atoms with Crippen LogP contribution in [0.4, 0.5) is 0 Å². The molecule has 1 amide bonds. The predicted octanol–water partition coefficient (Wildman–Crippen LogP) is 3.07. The van der Waals surface area contributed by atoms with Gasteiger partial charge in [-0.2, -0.15) is 0 Å². The van der Waals surface area contributed by atoms with Gasteiger partial charge in [-0.1, -0.05) is 42.5 Å². The Morgan fingerprint density at radius 2 is 1.93 bits per heavy atom. The Hall–Kier alpha value is -3.74. The van der Waals surface area contributed by atoms with Crippen LogP contribution >= 0.6 is 0 Å². The van der Waals surface area contributed by atoms with Crippen molar-refractivity contribution in [3.63, 3.8) is 0 Å². The molecular formula is C21H19N5O2. The van der Waals surface area contributed by atoms with Crippen LogP contribution in [-0.2, 0) is 4.79 Å². The number of ether oxygens (including phenoxy) is 1. The van der Waals surface area contributed by atoms with E-state index in [4.69, 9.17) is 4.74 Å². The molecule has 0 unspecified atom stereocenters. The number of tetrazole rings is 1. The van der Waals surface area contributed by atoms with E-state index in [0.717, 1.165) is 16.6 Å². The van der Waals surface area contributed by atoms with Crippen molar-refractivity contribution >= 4 is 16.7 Å². The van der Waals surface area contributed by atoms with E-state index in [2.05, 4.69) is 45.1 Å². The van der Waals surface area contributed by atoms with E-state index in [0.29, 0.717) is 5.75 Å². The highest BCUT2D eigenvalue weighted by atomic mass is 16.5. The lowest BCUT2D eigenvalue weighted by Gasteiger charge is -2.15. The van der Waals surface area contributed by atoms with Crippen molar-refractivity contribution in [2.75, 3.05) is 6.61 Å². The fourth-order valence-corrected chi connectivity index (χ4v) is 2.99. The SMILES string of the molecule is C[C@H](NC(=O)COc1cccc(-n2cnnn2)c1)c1ccc2ccccc2c1. The molecule has 0 saturated carbocycles. The van der Waals surface area contributed by atoms with E-state index in [1.165, 1.54) is 16.4 Å². The highest BCUT2D eigenvalue weighted by Crippen LogP contribution is 2.20. The van der Waals surface area contributed by atoms with Crippen LogP contribution in [0.3, 0.4) is 0 Å². The average molecular weight is 373 g/mol. The predicted molar refractivity (Wildman–Crippen MR) is 105 cm³/mol. The molecule has 0 aliphatic carbocycles. The number of benzene rings is 3. The smallest absolute Gasteiger partial charge is 0.258 e. The Balaban J connectivity index is 1.37. The summed E-state index contributed by atoms with van der Waals surface area (Å²) in [4.78, 5) is 12.3. The van der Waals surface area contributed by atoms with E-state index >= 15 is 0 Å². The third-order valence-electron chi connectivity index (χ3n) is 4.45. The van der Waals surface area contributed by atoms with Gasteiger partial charge in [-0.25, -0.2) is 4.68 Å². The number of amides is 1. The molecular weight excluding hydrogens is 354 g/mol. The maximum Gasteiger partial charge on any atom is 0.258 e. The first-order chi connectivity index (χ1) is 13.7. The highest BCUT2D eigenvalue weighted by Gasteiger charge is 2.11. The van der Waals surface area contributed by atoms with Crippen molar-refractivity contribution in [3.8, 4) is 11.4 Å². The zero-order valence-electron chi connectivity index (χ0n) is 15.3. The summed E-state index contributed by atoms with van der Waals surface area (Å²) in [7, 11) is 0. The number of nitrogens with zero attached hydrogens (tertiary/aromatic N) is 4. The van der Waals surface area contributed by atoms with Crippen LogP contribution in [0.15, 0.2) is 73.1 Å². The van der Waals surface area contributed by atoms with Crippen molar-refractivity contribution in [2.45, 2.75) is 13.0 Å². The van der Waals surface area contributed by atoms with Crippen LogP contribution < -0.4 is 10.1 Å². The van der Waals surface area contributed by atoms with Crippen molar-refractivity contribution < 1.29 is 9.53 Å². The fourth-order valence-electron chi connectivity index (χ4n) is 2.99. The van der Waals surface area contributed by atoms with Crippen LogP contribution in [0.25, 0.3) is 16.5 Å². The standard InChI is InChI=1S/C21H19N5O2/c1-15(17-10-9-16-5-2-3-6-18(16)11-17)23-21(27)13-28-20-8-4-7-19(12-20)26-14-22-24-25-26/h2-12,14-15H,13H2,1H3,(H,23,27)/t15-/m0/s1. The molecule has 140 valence electrons. The molecule has 0 bridgehead atoms. The normalized spacial score (nSPS) is 11.9. The van der Waals surface area contributed by atoms with Gasteiger partial charge in [0.15, 0.2) is 6.61 Å². The molecule has 1 aromatic heterocycles. The summed E-state index contributed by atoms with van der Waals surface area (Å²) >= 11 is 0. The van der Waals surface area contributed by atoms with E-state index in [-0.39, 0.29) is 18.6 Å². The second kappa shape index (κ2) is 7.87. The van der Waals surface area contributed by atoms with Crippen LogP contribution in [0.1, 0.15) is 18.5 Å². The van der Waals surface area contributed by atoms with Crippen LogP contribution in [0.2, 0.25) is 0 Å². The van der Waals surface area contributed by atoms with Gasteiger partial charge in [0, 0.05) is 6.07 Å². The summed E-state index contributed by atoms with van der Waals surface area (Å²) in [6.45, 7) is 1.89. The maximum absolute atomic E-state index is 12.3. The largest absolute Gasteiger partial charge is 0.484 e. The van der Waals surface area contributed by atoms with Gasteiger partial charge < -0.3 is 10.1 Å². The van der Waals surface area contributed by atoms with Gasteiger partial charge in [0.1, 0.15) is 12.1 Å². The van der Waals surface area contributed by atoms with E-state index in [1.54, 1.807) is 12.1 Å². The van der Waals surface area contributed by atoms with Crippen molar-refractivity contribution in [3.05, 3.63) is 78.6 Å². The van der Waals surface area contributed by atoms with E-state index in [9.17, 15) is 4.79 Å². The number of fused-ring (bicyclic) bond motifs is 1. The molecule has 7 nitrogen and oxygen atoms in total. The number of rotatable bonds is 6. The van der Waals surface area contributed by atoms with Gasteiger partial charge in [0.25, 0.3) is 5.91 Å². The lowest BCUT2D eigenvalue weighted by Crippen LogP contribution is -2.31. The Kier molecular flexibility index (Phi) is 4.97. The molecule has 1 atom stereocenters. The number of hydrogen-bond acceptors (Lipinski definition) is 5. The number of nitrogens with one attached hydrogen (secondary N) is 1.